The SMILES string of the molecule is CCCn1ccnc1C(N)c1cc(Cl)ccc1OC. The first-order chi connectivity index (χ1) is 9.17. The van der Waals surface area contributed by atoms with E-state index in [9.17, 15) is 0 Å². The second-order valence-corrected chi connectivity index (χ2v) is 4.78. The quantitative estimate of drug-likeness (QED) is 0.915. The van der Waals surface area contributed by atoms with E-state index in [1.807, 2.05) is 18.3 Å². The molecule has 0 aliphatic carbocycles. The molecule has 1 heterocycles. The molecule has 0 amide bonds. The van der Waals surface area contributed by atoms with Gasteiger partial charge >= 0.3 is 0 Å². The van der Waals surface area contributed by atoms with Gasteiger partial charge in [-0.15, -0.1) is 0 Å². The molecule has 2 aromatic rings. The lowest BCUT2D eigenvalue weighted by atomic mass is 10.1. The standard InChI is InChI=1S/C14H18ClN3O/c1-3-7-18-8-6-17-14(18)13(16)11-9-10(15)4-5-12(11)19-2/h4-6,8-9,13H,3,7,16H2,1-2H3. The highest BCUT2D eigenvalue weighted by Crippen LogP contribution is 2.30. The molecule has 5 heteroatoms. The van der Waals surface area contributed by atoms with Crippen molar-refractivity contribution in [2.75, 3.05) is 7.11 Å². The molecule has 0 aliphatic rings. The highest BCUT2D eigenvalue weighted by Gasteiger charge is 2.18. The van der Waals surface area contributed by atoms with Crippen molar-refractivity contribution < 1.29 is 4.74 Å². The maximum Gasteiger partial charge on any atom is 0.130 e. The maximum atomic E-state index is 6.32. The summed E-state index contributed by atoms with van der Waals surface area (Å²) in [6, 6.07) is 5.09. The predicted octanol–water partition coefficient (Wildman–Crippen LogP) is 3.00. The Morgan fingerprint density at radius 3 is 2.95 bits per heavy atom. The summed E-state index contributed by atoms with van der Waals surface area (Å²) in [5, 5.41) is 0.639. The Labute approximate surface area is 118 Å². The Kier molecular flexibility index (Phi) is 4.45. The van der Waals surface area contributed by atoms with Gasteiger partial charge in [-0.25, -0.2) is 4.98 Å². The van der Waals surface area contributed by atoms with Crippen molar-refractivity contribution in [3.05, 3.63) is 47.0 Å². The molecule has 2 rings (SSSR count). The second-order valence-electron chi connectivity index (χ2n) is 4.34. The molecule has 19 heavy (non-hydrogen) atoms. The first-order valence-corrected chi connectivity index (χ1v) is 6.65. The summed E-state index contributed by atoms with van der Waals surface area (Å²) < 4.78 is 7.40. The van der Waals surface area contributed by atoms with Gasteiger partial charge in [-0.05, 0) is 24.6 Å². The highest BCUT2D eigenvalue weighted by molar-refractivity contribution is 6.30. The molecule has 1 aromatic heterocycles. The summed E-state index contributed by atoms with van der Waals surface area (Å²) in [6.45, 7) is 3.02. The van der Waals surface area contributed by atoms with Crippen molar-refractivity contribution in [1.82, 2.24) is 9.55 Å². The van der Waals surface area contributed by atoms with Gasteiger partial charge in [0, 0.05) is 29.5 Å². The average molecular weight is 280 g/mol. The van der Waals surface area contributed by atoms with Gasteiger partial charge in [0.05, 0.1) is 13.2 Å². The highest BCUT2D eigenvalue weighted by atomic mass is 35.5. The average Bonchev–Trinajstić information content (AvgIpc) is 2.86. The smallest absolute Gasteiger partial charge is 0.130 e. The van der Waals surface area contributed by atoms with Crippen LogP contribution in [0.25, 0.3) is 0 Å². The predicted molar refractivity (Wildman–Crippen MR) is 76.6 cm³/mol. The van der Waals surface area contributed by atoms with E-state index in [2.05, 4.69) is 16.5 Å². The van der Waals surface area contributed by atoms with E-state index >= 15 is 0 Å². The molecule has 1 atom stereocenters. The molecule has 0 aliphatic heterocycles. The molecule has 1 unspecified atom stereocenters. The van der Waals surface area contributed by atoms with E-state index in [1.54, 1.807) is 19.4 Å². The van der Waals surface area contributed by atoms with E-state index in [0.29, 0.717) is 5.02 Å². The van der Waals surface area contributed by atoms with E-state index in [0.717, 1.165) is 30.1 Å². The molecule has 1 aromatic carbocycles. The van der Waals surface area contributed by atoms with Gasteiger partial charge < -0.3 is 15.0 Å². The third-order valence-corrected chi connectivity index (χ3v) is 3.25. The van der Waals surface area contributed by atoms with Crippen LogP contribution in [0.2, 0.25) is 5.02 Å². The van der Waals surface area contributed by atoms with Crippen LogP contribution in [0, 0.1) is 0 Å². The Morgan fingerprint density at radius 1 is 1.47 bits per heavy atom. The normalized spacial score (nSPS) is 12.4. The number of nitrogens with two attached hydrogens (primary N) is 1. The van der Waals surface area contributed by atoms with E-state index in [-0.39, 0.29) is 6.04 Å². The zero-order chi connectivity index (χ0) is 13.8. The fraction of sp³-hybridized carbons (Fsp3) is 0.357. The van der Waals surface area contributed by atoms with Crippen LogP contribution in [0.15, 0.2) is 30.6 Å². The number of methoxy groups -OCH3 is 1. The third-order valence-electron chi connectivity index (χ3n) is 3.02. The zero-order valence-electron chi connectivity index (χ0n) is 11.1. The summed E-state index contributed by atoms with van der Waals surface area (Å²) >= 11 is 6.04. The molecule has 0 saturated carbocycles. The summed E-state index contributed by atoms with van der Waals surface area (Å²) in [5.41, 5.74) is 7.16. The van der Waals surface area contributed by atoms with E-state index in [4.69, 9.17) is 22.1 Å². The van der Waals surface area contributed by atoms with Crippen molar-refractivity contribution in [3.8, 4) is 5.75 Å². The molecule has 0 fully saturated rings. The molecule has 2 N–H and O–H groups in total. The van der Waals surface area contributed by atoms with Crippen LogP contribution in [-0.2, 0) is 6.54 Å². The van der Waals surface area contributed by atoms with Crippen LogP contribution in [0.1, 0.15) is 30.8 Å². The van der Waals surface area contributed by atoms with Crippen LogP contribution >= 0.6 is 11.6 Å². The van der Waals surface area contributed by atoms with Crippen molar-refractivity contribution in [2.45, 2.75) is 25.9 Å². The Bertz CT molecular complexity index is 553. The van der Waals surface area contributed by atoms with Crippen LogP contribution in [-0.4, -0.2) is 16.7 Å². The second kappa shape index (κ2) is 6.08. The molecular weight excluding hydrogens is 262 g/mol. The fourth-order valence-electron chi connectivity index (χ4n) is 2.12. The number of imidazole rings is 1. The number of benzene rings is 1. The molecule has 102 valence electrons. The Hall–Kier alpha value is -1.52. The molecule has 4 nitrogen and oxygen atoms in total. The van der Waals surface area contributed by atoms with Crippen LogP contribution in [0.3, 0.4) is 0 Å². The van der Waals surface area contributed by atoms with Gasteiger partial charge in [0.25, 0.3) is 0 Å². The van der Waals surface area contributed by atoms with E-state index < -0.39 is 0 Å². The summed E-state index contributed by atoms with van der Waals surface area (Å²) in [5.74, 6) is 1.55. The molecule has 0 saturated heterocycles. The fourth-order valence-corrected chi connectivity index (χ4v) is 2.30. The van der Waals surface area contributed by atoms with Crippen molar-refractivity contribution in [2.24, 2.45) is 5.73 Å². The largest absolute Gasteiger partial charge is 0.496 e. The van der Waals surface area contributed by atoms with Crippen LogP contribution < -0.4 is 10.5 Å². The number of rotatable bonds is 5. The Balaban J connectivity index is 2.40. The van der Waals surface area contributed by atoms with Gasteiger partial charge in [-0.1, -0.05) is 18.5 Å². The lowest BCUT2D eigenvalue weighted by Crippen LogP contribution is -2.18. The van der Waals surface area contributed by atoms with Crippen molar-refractivity contribution >= 4 is 11.6 Å². The number of ether oxygens (including phenoxy) is 1. The van der Waals surface area contributed by atoms with E-state index in [1.165, 1.54) is 0 Å². The minimum Gasteiger partial charge on any atom is -0.496 e. The maximum absolute atomic E-state index is 6.32. The first-order valence-electron chi connectivity index (χ1n) is 6.27. The number of hydrogen-bond acceptors (Lipinski definition) is 3. The lowest BCUT2D eigenvalue weighted by Gasteiger charge is -2.17. The molecular formula is C14H18ClN3O. The third kappa shape index (κ3) is 2.91. The summed E-state index contributed by atoms with van der Waals surface area (Å²) in [6.07, 6.45) is 4.74. The van der Waals surface area contributed by atoms with Crippen molar-refractivity contribution in [1.29, 1.82) is 0 Å². The topological polar surface area (TPSA) is 53.1 Å². The first kappa shape index (κ1) is 13.9. The molecule has 0 spiro atoms. The van der Waals surface area contributed by atoms with Crippen LogP contribution in [0.5, 0.6) is 5.75 Å². The monoisotopic (exact) mass is 279 g/mol. The van der Waals surface area contributed by atoms with Gasteiger partial charge in [-0.3, -0.25) is 0 Å². The number of halogens is 1. The summed E-state index contributed by atoms with van der Waals surface area (Å²) in [7, 11) is 1.62. The number of hydrogen-bond donors (Lipinski definition) is 1. The number of nitrogens with zero attached hydrogens (tertiary/aromatic N) is 2. The van der Waals surface area contributed by atoms with Crippen LogP contribution in [0.4, 0.5) is 0 Å². The minimum atomic E-state index is -0.352. The molecule has 0 radical (unpaired) electrons. The molecule has 0 bridgehead atoms. The minimum absolute atomic E-state index is 0.352. The van der Waals surface area contributed by atoms with Crippen molar-refractivity contribution in [3.63, 3.8) is 0 Å². The van der Waals surface area contributed by atoms with Gasteiger partial charge in [0.2, 0.25) is 0 Å². The summed E-state index contributed by atoms with van der Waals surface area (Å²) in [4.78, 5) is 4.36. The van der Waals surface area contributed by atoms with Gasteiger partial charge in [-0.2, -0.15) is 0 Å². The number of aryl methyl sites for hydroxylation is 1. The lowest BCUT2D eigenvalue weighted by molar-refractivity contribution is 0.406. The zero-order valence-corrected chi connectivity index (χ0v) is 11.9. The van der Waals surface area contributed by atoms with Gasteiger partial charge in [0.15, 0.2) is 0 Å². The Morgan fingerprint density at radius 2 is 2.26 bits per heavy atom. The van der Waals surface area contributed by atoms with Gasteiger partial charge in [0.1, 0.15) is 11.6 Å². The number of aromatic nitrogens is 2.